The molecule has 17 heavy (non-hydrogen) atoms. The van der Waals surface area contributed by atoms with Crippen LogP contribution in [0.3, 0.4) is 0 Å². The van der Waals surface area contributed by atoms with Crippen LogP contribution in [0.2, 0.25) is 0 Å². The molecule has 3 atom stereocenters. The summed E-state index contributed by atoms with van der Waals surface area (Å²) in [6.45, 7) is 10.2. The fourth-order valence-corrected chi connectivity index (χ4v) is 3.59. The molecule has 1 saturated carbocycles. The Kier molecular flexibility index (Phi) is 5.46. The van der Waals surface area contributed by atoms with Crippen molar-refractivity contribution in [3.8, 4) is 0 Å². The van der Waals surface area contributed by atoms with Crippen molar-refractivity contribution in [3.05, 3.63) is 0 Å². The summed E-state index contributed by atoms with van der Waals surface area (Å²) in [4.78, 5) is 2.59. The van der Waals surface area contributed by atoms with E-state index in [0.717, 1.165) is 18.4 Å². The van der Waals surface area contributed by atoms with Crippen LogP contribution < -0.4 is 5.73 Å². The number of nitrogens with zero attached hydrogens (tertiary/aromatic N) is 1. The van der Waals surface area contributed by atoms with Gasteiger partial charge in [-0.05, 0) is 45.1 Å². The first-order valence-electron chi connectivity index (χ1n) is 7.34. The van der Waals surface area contributed by atoms with Gasteiger partial charge in [0.25, 0.3) is 0 Å². The Hall–Kier alpha value is -0.0800. The summed E-state index contributed by atoms with van der Waals surface area (Å²) >= 11 is 0. The lowest BCUT2D eigenvalue weighted by Crippen LogP contribution is -2.57. The molecular weight excluding hydrogens is 208 g/mol. The first-order valence-corrected chi connectivity index (χ1v) is 7.34. The Balaban J connectivity index is 2.70. The summed E-state index contributed by atoms with van der Waals surface area (Å²) < 4.78 is 0. The molecular formula is C15H32N2. The Bertz CT molecular complexity index is 227. The van der Waals surface area contributed by atoms with E-state index in [4.69, 9.17) is 5.73 Å². The van der Waals surface area contributed by atoms with Crippen LogP contribution in [0.15, 0.2) is 0 Å². The third-order valence-electron chi connectivity index (χ3n) is 4.67. The van der Waals surface area contributed by atoms with Gasteiger partial charge in [-0.1, -0.05) is 33.6 Å². The summed E-state index contributed by atoms with van der Waals surface area (Å²) in [5.74, 6) is 1.60. The van der Waals surface area contributed by atoms with Crippen LogP contribution in [0.5, 0.6) is 0 Å². The average Bonchev–Trinajstić information content (AvgIpc) is 2.26. The van der Waals surface area contributed by atoms with Gasteiger partial charge in [-0.25, -0.2) is 0 Å². The molecule has 2 nitrogen and oxygen atoms in total. The molecule has 0 radical (unpaired) electrons. The van der Waals surface area contributed by atoms with Crippen LogP contribution in [0, 0.1) is 11.8 Å². The first kappa shape index (κ1) is 15.0. The zero-order chi connectivity index (χ0) is 13.1. The van der Waals surface area contributed by atoms with E-state index >= 15 is 0 Å². The predicted molar refractivity (Wildman–Crippen MR) is 76.1 cm³/mol. The van der Waals surface area contributed by atoms with Crippen molar-refractivity contribution in [1.82, 2.24) is 4.90 Å². The molecule has 0 heterocycles. The fraction of sp³-hybridized carbons (Fsp3) is 1.00. The van der Waals surface area contributed by atoms with E-state index in [1.165, 1.54) is 32.1 Å². The smallest absolute Gasteiger partial charge is 0.0334 e. The highest BCUT2D eigenvalue weighted by Gasteiger charge is 2.39. The fourth-order valence-electron chi connectivity index (χ4n) is 3.59. The summed E-state index contributed by atoms with van der Waals surface area (Å²) in [6, 6.07) is 0.642. The van der Waals surface area contributed by atoms with Gasteiger partial charge in [-0.2, -0.15) is 0 Å². The van der Waals surface area contributed by atoms with Crippen LogP contribution in [0.4, 0.5) is 0 Å². The molecule has 1 fully saturated rings. The molecule has 2 heteroatoms. The van der Waals surface area contributed by atoms with E-state index in [2.05, 4.69) is 39.6 Å². The second-order valence-electron chi connectivity index (χ2n) is 6.72. The maximum Gasteiger partial charge on any atom is 0.0334 e. The molecule has 0 aromatic heterocycles. The average molecular weight is 240 g/mol. The van der Waals surface area contributed by atoms with Crippen LogP contribution in [-0.4, -0.2) is 30.1 Å². The standard InChI is InChI=1S/C15H32N2/c1-12(2)9-14(4)17(5)15(11-16)8-6-7-13(3)10-15/h12-14H,6-11,16H2,1-5H3. The van der Waals surface area contributed by atoms with Crippen molar-refractivity contribution in [2.75, 3.05) is 13.6 Å². The van der Waals surface area contributed by atoms with Crippen LogP contribution in [0.1, 0.15) is 59.8 Å². The Labute approximate surface area is 108 Å². The van der Waals surface area contributed by atoms with E-state index in [0.29, 0.717) is 6.04 Å². The lowest BCUT2D eigenvalue weighted by atomic mass is 9.74. The molecule has 3 unspecified atom stereocenters. The van der Waals surface area contributed by atoms with Gasteiger partial charge in [0.05, 0.1) is 0 Å². The molecule has 1 aliphatic rings. The van der Waals surface area contributed by atoms with Crippen molar-refractivity contribution in [1.29, 1.82) is 0 Å². The summed E-state index contributed by atoms with van der Waals surface area (Å²) in [5, 5.41) is 0. The van der Waals surface area contributed by atoms with Gasteiger partial charge in [-0.15, -0.1) is 0 Å². The molecule has 0 aromatic rings. The number of hydrogen-bond donors (Lipinski definition) is 1. The third-order valence-corrected chi connectivity index (χ3v) is 4.67. The zero-order valence-corrected chi connectivity index (χ0v) is 12.5. The van der Waals surface area contributed by atoms with Crippen molar-refractivity contribution in [2.24, 2.45) is 17.6 Å². The summed E-state index contributed by atoms with van der Waals surface area (Å²) in [6.07, 6.45) is 6.56. The normalized spacial score (nSPS) is 32.1. The SMILES string of the molecule is CC(C)CC(C)N(C)C1(CN)CCCC(C)C1. The Morgan fingerprint density at radius 3 is 2.47 bits per heavy atom. The predicted octanol–water partition coefficient (Wildman–Crippen LogP) is 3.26. The molecule has 0 spiro atoms. The molecule has 1 aliphatic carbocycles. The van der Waals surface area contributed by atoms with E-state index < -0.39 is 0 Å². The molecule has 0 aliphatic heterocycles. The minimum Gasteiger partial charge on any atom is -0.329 e. The lowest BCUT2D eigenvalue weighted by molar-refractivity contribution is 0.0262. The Morgan fingerprint density at radius 2 is 2.00 bits per heavy atom. The maximum atomic E-state index is 6.13. The van der Waals surface area contributed by atoms with Gasteiger partial charge in [0.2, 0.25) is 0 Å². The van der Waals surface area contributed by atoms with Gasteiger partial charge in [-0.3, -0.25) is 4.90 Å². The number of hydrogen-bond acceptors (Lipinski definition) is 2. The van der Waals surface area contributed by atoms with Crippen molar-refractivity contribution in [2.45, 2.75) is 71.4 Å². The minimum atomic E-state index is 0.270. The molecule has 0 saturated heterocycles. The highest BCUT2D eigenvalue weighted by atomic mass is 15.2. The largest absolute Gasteiger partial charge is 0.329 e. The van der Waals surface area contributed by atoms with Gasteiger partial charge in [0.1, 0.15) is 0 Å². The number of likely N-dealkylation sites (N-methyl/N-ethyl adjacent to an activating group) is 1. The van der Waals surface area contributed by atoms with Crippen LogP contribution >= 0.6 is 0 Å². The van der Waals surface area contributed by atoms with Gasteiger partial charge in [0, 0.05) is 18.1 Å². The van der Waals surface area contributed by atoms with E-state index in [-0.39, 0.29) is 5.54 Å². The summed E-state index contributed by atoms with van der Waals surface area (Å²) in [5.41, 5.74) is 6.40. The van der Waals surface area contributed by atoms with Crippen LogP contribution in [-0.2, 0) is 0 Å². The van der Waals surface area contributed by atoms with Gasteiger partial charge < -0.3 is 5.73 Å². The maximum absolute atomic E-state index is 6.13. The molecule has 0 aromatic carbocycles. The van der Waals surface area contributed by atoms with E-state index in [9.17, 15) is 0 Å². The van der Waals surface area contributed by atoms with E-state index in [1.54, 1.807) is 0 Å². The third kappa shape index (κ3) is 3.69. The molecule has 2 N–H and O–H groups in total. The van der Waals surface area contributed by atoms with Crippen molar-refractivity contribution < 1.29 is 0 Å². The van der Waals surface area contributed by atoms with Gasteiger partial charge in [0.15, 0.2) is 0 Å². The van der Waals surface area contributed by atoms with E-state index in [1.807, 2.05) is 0 Å². The lowest BCUT2D eigenvalue weighted by Gasteiger charge is -2.49. The quantitative estimate of drug-likeness (QED) is 0.799. The molecule has 1 rings (SSSR count). The molecule has 0 bridgehead atoms. The molecule has 0 amide bonds. The van der Waals surface area contributed by atoms with Crippen molar-refractivity contribution >= 4 is 0 Å². The number of nitrogens with two attached hydrogens (primary N) is 1. The number of rotatable bonds is 5. The minimum absolute atomic E-state index is 0.270. The second kappa shape index (κ2) is 6.19. The second-order valence-corrected chi connectivity index (χ2v) is 6.72. The Morgan fingerprint density at radius 1 is 1.35 bits per heavy atom. The first-order chi connectivity index (χ1) is 7.91. The zero-order valence-electron chi connectivity index (χ0n) is 12.5. The van der Waals surface area contributed by atoms with Gasteiger partial charge >= 0.3 is 0 Å². The highest BCUT2D eigenvalue weighted by molar-refractivity contribution is 4.96. The molecule has 102 valence electrons. The summed E-state index contributed by atoms with van der Waals surface area (Å²) in [7, 11) is 2.29. The monoisotopic (exact) mass is 240 g/mol. The highest BCUT2D eigenvalue weighted by Crippen LogP contribution is 2.37. The van der Waals surface area contributed by atoms with Crippen molar-refractivity contribution in [3.63, 3.8) is 0 Å². The topological polar surface area (TPSA) is 29.3 Å². The van der Waals surface area contributed by atoms with Crippen LogP contribution in [0.25, 0.3) is 0 Å².